The molecule has 2 aromatic carbocycles. The van der Waals surface area contributed by atoms with Gasteiger partial charge >= 0.3 is 6.18 Å². The van der Waals surface area contributed by atoms with Crippen molar-refractivity contribution < 1.29 is 13.2 Å². The Kier molecular flexibility index (Phi) is 3.94. The smallest absolute Gasteiger partial charge is 0.381 e. The molecule has 0 atom stereocenters. The van der Waals surface area contributed by atoms with E-state index < -0.39 is 11.7 Å². The Morgan fingerprint density at radius 2 is 1.75 bits per heavy atom. The molecule has 0 aliphatic heterocycles. The molecule has 0 bridgehead atoms. The average Bonchev–Trinajstić information content (AvgIpc) is 2.45. The summed E-state index contributed by atoms with van der Waals surface area (Å²) in [5, 5.41) is 11.6. The van der Waals surface area contributed by atoms with Crippen molar-refractivity contribution in [2.45, 2.75) is 12.7 Å². The first-order valence-electron chi connectivity index (χ1n) is 5.89. The van der Waals surface area contributed by atoms with E-state index in [-0.39, 0.29) is 0 Å². The SMILES string of the molecule is N#Cc1ccc(CNc2cccc(C(F)(F)F)c2)cc1. The average molecular weight is 276 g/mol. The molecule has 0 aliphatic rings. The second-order valence-corrected chi connectivity index (χ2v) is 4.24. The Bertz CT molecular complexity index is 625. The van der Waals surface area contributed by atoms with Gasteiger partial charge < -0.3 is 5.32 Å². The summed E-state index contributed by atoms with van der Waals surface area (Å²) in [4.78, 5) is 0. The molecular formula is C15H11F3N2. The summed E-state index contributed by atoms with van der Waals surface area (Å²) in [7, 11) is 0. The molecule has 0 spiro atoms. The lowest BCUT2D eigenvalue weighted by Crippen LogP contribution is -2.06. The molecule has 0 aliphatic carbocycles. The number of rotatable bonds is 3. The van der Waals surface area contributed by atoms with E-state index in [0.717, 1.165) is 17.7 Å². The largest absolute Gasteiger partial charge is 0.416 e. The van der Waals surface area contributed by atoms with Crippen LogP contribution in [0, 0.1) is 11.3 Å². The van der Waals surface area contributed by atoms with Gasteiger partial charge in [-0.25, -0.2) is 0 Å². The fraction of sp³-hybridized carbons (Fsp3) is 0.133. The fourth-order valence-electron chi connectivity index (χ4n) is 1.71. The van der Waals surface area contributed by atoms with Crippen molar-refractivity contribution in [3.05, 3.63) is 65.2 Å². The van der Waals surface area contributed by atoms with Gasteiger partial charge in [0.25, 0.3) is 0 Å². The molecule has 2 rings (SSSR count). The monoisotopic (exact) mass is 276 g/mol. The second kappa shape index (κ2) is 5.66. The molecule has 0 saturated carbocycles. The van der Waals surface area contributed by atoms with Gasteiger partial charge in [0.1, 0.15) is 0 Å². The molecule has 1 N–H and O–H groups in total. The summed E-state index contributed by atoms with van der Waals surface area (Å²) in [5.74, 6) is 0. The maximum Gasteiger partial charge on any atom is 0.416 e. The van der Waals surface area contributed by atoms with Crippen LogP contribution in [0.4, 0.5) is 18.9 Å². The molecule has 102 valence electrons. The Morgan fingerprint density at radius 1 is 1.05 bits per heavy atom. The van der Waals surface area contributed by atoms with Gasteiger partial charge in [-0.15, -0.1) is 0 Å². The third kappa shape index (κ3) is 3.51. The summed E-state index contributed by atoms with van der Waals surface area (Å²) in [6, 6.07) is 13.9. The maximum atomic E-state index is 12.6. The van der Waals surface area contributed by atoms with Crippen molar-refractivity contribution in [1.82, 2.24) is 0 Å². The highest BCUT2D eigenvalue weighted by Gasteiger charge is 2.30. The lowest BCUT2D eigenvalue weighted by atomic mass is 10.1. The number of hydrogen-bond acceptors (Lipinski definition) is 2. The van der Waals surface area contributed by atoms with Crippen molar-refractivity contribution in [2.75, 3.05) is 5.32 Å². The number of hydrogen-bond donors (Lipinski definition) is 1. The highest BCUT2D eigenvalue weighted by molar-refractivity contribution is 5.47. The number of halogens is 3. The topological polar surface area (TPSA) is 35.8 Å². The highest BCUT2D eigenvalue weighted by Crippen LogP contribution is 2.30. The fourth-order valence-corrected chi connectivity index (χ4v) is 1.71. The summed E-state index contributed by atoms with van der Waals surface area (Å²) in [6.45, 7) is 0.396. The predicted octanol–water partition coefficient (Wildman–Crippen LogP) is 4.19. The summed E-state index contributed by atoms with van der Waals surface area (Å²) in [5.41, 5.74) is 1.17. The van der Waals surface area contributed by atoms with Crippen molar-refractivity contribution in [3.63, 3.8) is 0 Å². The summed E-state index contributed by atoms with van der Waals surface area (Å²) < 4.78 is 37.7. The zero-order chi connectivity index (χ0) is 14.6. The Balaban J connectivity index is 2.05. The number of benzene rings is 2. The molecule has 0 aromatic heterocycles. The third-order valence-corrected chi connectivity index (χ3v) is 2.77. The molecule has 2 aromatic rings. The second-order valence-electron chi connectivity index (χ2n) is 4.24. The van der Waals surface area contributed by atoms with Gasteiger partial charge in [-0.3, -0.25) is 0 Å². The van der Waals surface area contributed by atoms with E-state index in [1.807, 2.05) is 6.07 Å². The number of anilines is 1. The van der Waals surface area contributed by atoms with Crippen LogP contribution < -0.4 is 5.32 Å². The minimum absolute atomic E-state index is 0.396. The number of nitrogens with one attached hydrogen (secondary N) is 1. The molecule has 0 saturated heterocycles. The lowest BCUT2D eigenvalue weighted by molar-refractivity contribution is -0.137. The van der Waals surface area contributed by atoms with E-state index in [2.05, 4.69) is 5.32 Å². The number of nitriles is 1. The first kappa shape index (κ1) is 13.9. The Morgan fingerprint density at radius 3 is 2.35 bits per heavy atom. The zero-order valence-electron chi connectivity index (χ0n) is 10.4. The van der Waals surface area contributed by atoms with Gasteiger partial charge in [0, 0.05) is 12.2 Å². The quantitative estimate of drug-likeness (QED) is 0.912. The normalized spacial score (nSPS) is 10.9. The van der Waals surface area contributed by atoms with Gasteiger partial charge in [-0.2, -0.15) is 18.4 Å². The highest BCUT2D eigenvalue weighted by atomic mass is 19.4. The van der Waals surface area contributed by atoms with Crippen LogP contribution >= 0.6 is 0 Å². The van der Waals surface area contributed by atoms with Crippen LogP contribution in [-0.2, 0) is 12.7 Å². The first-order valence-corrected chi connectivity index (χ1v) is 5.89. The molecule has 0 unspecified atom stereocenters. The maximum absolute atomic E-state index is 12.6. The van der Waals surface area contributed by atoms with Crippen molar-refractivity contribution >= 4 is 5.69 Å². The van der Waals surface area contributed by atoms with Crippen LogP contribution in [0.25, 0.3) is 0 Å². The van der Waals surface area contributed by atoms with Crippen molar-refractivity contribution in [2.24, 2.45) is 0 Å². The minimum Gasteiger partial charge on any atom is -0.381 e. The number of nitrogens with zero attached hydrogens (tertiary/aromatic N) is 1. The van der Waals surface area contributed by atoms with Gasteiger partial charge in [0.15, 0.2) is 0 Å². The summed E-state index contributed by atoms with van der Waals surface area (Å²) in [6.07, 6.45) is -4.34. The molecule has 5 heteroatoms. The van der Waals surface area contributed by atoms with E-state index >= 15 is 0 Å². The van der Waals surface area contributed by atoms with Crippen LogP contribution in [0.1, 0.15) is 16.7 Å². The van der Waals surface area contributed by atoms with Gasteiger partial charge in [-0.1, -0.05) is 18.2 Å². The molecule has 0 amide bonds. The van der Waals surface area contributed by atoms with E-state index in [9.17, 15) is 13.2 Å². The van der Waals surface area contributed by atoms with Crippen molar-refractivity contribution in [1.29, 1.82) is 5.26 Å². The van der Waals surface area contributed by atoms with Gasteiger partial charge in [0.05, 0.1) is 17.2 Å². The first-order chi connectivity index (χ1) is 9.49. The predicted molar refractivity (Wildman–Crippen MR) is 69.9 cm³/mol. The minimum atomic E-state index is -4.34. The van der Waals surface area contributed by atoms with E-state index in [1.54, 1.807) is 30.3 Å². The van der Waals surface area contributed by atoms with Crippen LogP contribution in [0.5, 0.6) is 0 Å². The van der Waals surface area contributed by atoms with Crippen LogP contribution in [-0.4, -0.2) is 0 Å². The van der Waals surface area contributed by atoms with Crippen LogP contribution in [0.3, 0.4) is 0 Å². The standard InChI is InChI=1S/C15H11F3N2/c16-15(17,18)13-2-1-3-14(8-13)20-10-12-6-4-11(9-19)5-7-12/h1-8,20H,10H2. The Labute approximate surface area is 114 Å². The molecule has 0 heterocycles. The third-order valence-electron chi connectivity index (χ3n) is 2.77. The zero-order valence-corrected chi connectivity index (χ0v) is 10.4. The van der Waals surface area contributed by atoms with E-state index in [4.69, 9.17) is 5.26 Å². The molecule has 20 heavy (non-hydrogen) atoms. The number of alkyl halides is 3. The molecular weight excluding hydrogens is 265 g/mol. The summed E-state index contributed by atoms with van der Waals surface area (Å²) >= 11 is 0. The molecule has 2 nitrogen and oxygen atoms in total. The van der Waals surface area contributed by atoms with Gasteiger partial charge in [-0.05, 0) is 35.9 Å². The van der Waals surface area contributed by atoms with Crippen molar-refractivity contribution in [3.8, 4) is 6.07 Å². The van der Waals surface area contributed by atoms with Gasteiger partial charge in [0.2, 0.25) is 0 Å². The molecule has 0 fully saturated rings. The van der Waals surface area contributed by atoms with Crippen LogP contribution in [0.15, 0.2) is 48.5 Å². The Hall–Kier alpha value is -2.48. The van der Waals surface area contributed by atoms with E-state index in [1.165, 1.54) is 6.07 Å². The molecule has 0 radical (unpaired) electrons. The van der Waals surface area contributed by atoms with E-state index in [0.29, 0.717) is 17.8 Å². The lowest BCUT2D eigenvalue weighted by Gasteiger charge is -2.10. The van der Waals surface area contributed by atoms with Crippen LogP contribution in [0.2, 0.25) is 0 Å².